The van der Waals surface area contributed by atoms with Gasteiger partial charge in [0.1, 0.15) is 89.5 Å². The summed E-state index contributed by atoms with van der Waals surface area (Å²) in [6.07, 6.45) is -18.6. The van der Waals surface area contributed by atoms with Crippen LogP contribution in [-0.4, -0.2) is 191 Å². The molecule has 2 fully saturated rings. The number of aromatic hydroxyl groups is 3. The lowest BCUT2D eigenvalue weighted by Crippen LogP contribution is -3.00. The lowest BCUT2D eigenvalue weighted by Gasteiger charge is -2.47. The average molecular weight is 1480 g/mol. The monoisotopic (exact) mass is 1480 g/mol. The van der Waals surface area contributed by atoms with Crippen molar-refractivity contribution in [2.75, 3.05) is 13.7 Å². The molecule has 0 aromatic heterocycles. The van der Waals surface area contributed by atoms with Crippen molar-refractivity contribution in [3.63, 3.8) is 0 Å². The van der Waals surface area contributed by atoms with Gasteiger partial charge in [0.15, 0.2) is 29.9 Å². The van der Waals surface area contributed by atoms with Crippen molar-refractivity contribution in [3.8, 4) is 57.1 Å². The van der Waals surface area contributed by atoms with Gasteiger partial charge in [-0.3, -0.25) is 33.6 Å². The summed E-state index contributed by atoms with van der Waals surface area (Å²) in [5.41, 5.74) is 8.00. The van der Waals surface area contributed by atoms with E-state index in [9.17, 15) is 75.0 Å². The molecule has 36 heteroatoms. The van der Waals surface area contributed by atoms with Crippen LogP contribution in [0, 0.1) is 5.92 Å². The lowest BCUT2D eigenvalue weighted by molar-refractivity contribution is -0.333. The Hall–Kier alpha value is -8.91. The van der Waals surface area contributed by atoms with Gasteiger partial charge in [-0.25, -0.2) is 4.79 Å². The molecule has 7 heterocycles. The third-order valence-corrected chi connectivity index (χ3v) is 18.4. The van der Waals surface area contributed by atoms with Crippen molar-refractivity contribution in [1.29, 1.82) is 0 Å². The molecule has 102 heavy (non-hydrogen) atoms. The third-order valence-electron chi connectivity index (χ3n) is 17.8. The number of hydrogen-bond acceptors (Lipinski definition) is 25. The van der Waals surface area contributed by atoms with Crippen LogP contribution in [0.4, 0.5) is 0 Å². The molecular formula is C66H75Cl3N9O24-. The molecule has 0 aliphatic carbocycles. The topological polar surface area (TPSA) is 530 Å². The number of phenols is 3. The van der Waals surface area contributed by atoms with E-state index in [-0.39, 0.29) is 58.6 Å². The quantitative estimate of drug-likeness (QED) is 0.0563. The summed E-state index contributed by atoms with van der Waals surface area (Å²) >= 11 is 14.1. The first kappa shape index (κ1) is 77.3. The summed E-state index contributed by atoms with van der Waals surface area (Å²) in [7, 11) is 1.47. The number of primary amides is 1. The fourth-order valence-corrected chi connectivity index (χ4v) is 12.9. The number of carbonyl (C=O) groups is 8. The van der Waals surface area contributed by atoms with Gasteiger partial charge in [0.2, 0.25) is 53.4 Å². The number of aliphatic hydroxyl groups is 6. The van der Waals surface area contributed by atoms with Crippen LogP contribution in [0.25, 0.3) is 11.1 Å². The maximum absolute atomic E-state index is 16.0. The number of nitrogens with two attached hydrogens (primary N) is 2. The van der Waals surface area contributed by atoms with E-state index < -0.39 is 237 Å². The van der Waals surface area contributed by atoms with E-state index in [0.29, 0.717) is 0 Å². The second kappa shape index (κ2) is 31.4. The summed E-state index contributed by atoms with van der Waals surface area (Å²) in [6.45, 7) is 5.66. The third kappa shape index (κ3) is 16.3. The lowest BCUT2D eigenvalue weighted by atomic mass is 9.86. The number of likely N-dealkylation sites (N-methyl/N-ethyl adjacent to an activating group) is 1. The number of phenolic OH excluding ortho intramolecular Hbond substituents is 3. The number of nitrogens with one attached hydrogen (secondary N) is 7. The van der Waals surface area contributed by atoms with Crippen LogP contribution in [0.5, 0.6) is 46.0 Å². The standard InChI is InChI=1S/C66H75Cl2N9O24.ClH/c1-23(2)12-34(71-5)58(88)76-49-51(83)26-7-10-38(32(67)14-26)97-40-16-28-17-41(55(40)101-65-56(54(86)53(85)42(22-78)99-65)100-44-21-66(4,70)57(87)24(3)96-44)98-39-11-8-27(15-33(39)68)52(84)50-63(93)75-48(64(94)95)31-18-29(79)19-37(81)45(31)30-13-25(6-9-36(30)80)46(60(90)77-50)74-61(91)47(28)73-59(89)35(20-43(69)82)72-62(49)92;/h6-11,13-19,23-24,34-35,42,44,46-54,56-57,65,71,78-81,83-87H,12,20-22,70H2,1-5H3,(H2,69,82)(H,72,92)(H,73,89)(H,74,91)(H,75,93)(H,76,88)(H,77,90)(H,94,95);1H/p-1/t24-,34+,35-,42?,44-,46+,47+,48-,49+,50-,51+,52+,53+,54-,56+,57+,65-,66-;/m0./s1. The molecule has 11 bridgehead atoms. The minimum atomic E-state index is -2.35. The highest BCUT2D eigenvalue weighted by Gasteiger charge is 2.51. The highest BCUT2D eigenvalue weighted by atomic mass is 35.5. The Balaban J connectivity index is 0.0000121. The van der Waals surface area contributed by atoms with Crippen molar-refractivity contribution >= 4 is 70.5 Å². The van der Waals surface area contributed by atoms with Crippen LogP contribution in [-0.2, 0) is 52.6 Å². The Labute approximate surface area is 596 Å². The number of carboxylic acid groups (broad SMARTS) is 1. The van der Waals surface area contributed by atoms with Crippen LogP contribution in [0.15, 0.2) is 78.9 Å². The highest BCUT2D eigenvalue weighted by molar-refractivity contribution is 6.32. The molecule has 5 aromatic rings. The Kier molecular flexibility index (Phi) is 23.8. The fourth-order valence-electron chi connectivity index (χ4n) is 12.5. The number of halogens is 3. The number of amides is 7. The van der Waals surface area contributed by atoms with E-state index >= 15 is 14.4 Å². The van der Waals surface area contributed by atoms with E-state index in [1.54, 1.807) is 0 Å². The number of carboxylic acids is 1. The van der Waals surface area contributed by atoms with Crippen molar-refractivity contribution in [2.45, 2.75) is 156 Å². The predicted octanol–water partition coefficient (Wildman–Crippen LogP) is -2.89. The van der Waals surface area contributed by atoms with E-state index in [0.717, 1.165) is 66.7 Å². The van der Waals surface area contributed by atoms with Gasteiger partial charge in [0.25, 0.3) is 0 Å². The Morgan fingerprint density at radius 2 is 1.31 bits per heavy atom. The van der Waals surface area contributed by atoms with Crippen LogP contribution in [0.3, 0.4) is 0 Å². The Morgan fingerprint density at radius 1 is 0.716 bits per heavy atom. The second-order valence-electron chi connectivity index (χ2n) is 25.7. The number of aliphatic hydroxyl groups excluding tert-OH is 6. The van der Waals surface area contributed by atoms with E-state index in [1.165, 1.54) is 33.0 Å². The molecule has 5 aromatic carbocycles. The highest BCUT2D eigenvalue weighted by Crippen LogP contribution is 2.50. The molecule has 21 N–H and O–H groups in total. The van der Waals surface area contributed by atoms with Crippen molar-refractivity contribution in [1.82, 2.24) is 37.2 Å². The summed E-state index contributed by atoms with van der Waals surface area (Å²) in [5, 5.41) is 131. The predicted molar refractivity (Wildman–Crippen MR) is 349 cm³/mol. The fraction of sp³-hybridized carbons (Fsp3) is 0.424. The molecular weight excluding hydrogens is 1410 g/mol. The van der Waals surface area contributed by atoms with E-state index in [1.807, 2.05) is 13.8 Å². The van der Waals surface area contributed by atoms with Crippen LogP contribution < -0.4 is 75.3 Å². The number of fused-ring (bicyclic) bond motifs is 15. The molecule has 7 aliphatic rings. The van der Waals surface area contributed by atoms with Gasteiger partial charge in [0, 0.05) is 34.7 Å². The zero-order chi connectivity index (χ0) is 73.5. The molecule has 0 saturated carbocycles. The van der Waals surface area contributed by atoms with Gasteiger partial charge in [-0.2, -0.15) is 0 Å². The summed E-state index contributed by atoms with van der Waals surface area (Å²) in [5.74, 6) is -16.0. The maximum atomic E-state index is 16.0. The maximum Gasteiger partial charge on any atom is 0.330 e. The number of benzene rings is 5. The first-order valence-electron chi connectivity index (χ1n) is 31.6. The molecule has 550 valence electrons. The Morgan fingerprint density at radius 3 is 1.89 bits per heavy atom. The van der Waals surface area contributed by atoms with Gasteiger partial charge < -0.3 is 141 Å². The smallest absolute Gasteiger partial charge is 0.330 e. The van der Waals surface area contributed by atoms with Gasteiger partial charge in [-0.1, -0.05) is 55.2 Å². The minimum absolute atomic E-state index is 0. The number of rotatable bonds is 13. The SMILES string of the molecule is CN[C@H](CC(C)C)C(=O)N[C@H]1C(=O)N[C@@H](CC(N)=O)C(=O)N[C@H]2C(=O)N[C@H]3C(=O)N[C@H](C(=O)N[C@H](C(=O)O)c4cc(O)cc(O)c4-c4cc3ccc4O)[C@H](O)c3ccc(c(Cl)c3)Oc3cc2cc(c3O[C@@H]2OC(CO)[C@@H](O)[C@H](O)[C@H]2O[C@H]2C[C@](C)(N)[C@H](O)[C@H](C)O2)Oc2ccc(cc2Cl)[C@H]1O.[Cl-]. The molecule has 1 unspecified atom stereocenters. The van der Waals surface area contributed by atoms with E-state index in [2.05, 4.69) is 37.2 Å². The molecule has 2 saturated heterocycles. The zero-order valence-corrected chi connectivity index (χ0v) is 57.0. The van der Waals surface area contributed by atoms with Crippen molar-refractivity contribution in [2.24, 2.45) is 17.4 Å². The molecule has 33 nitrogen and oxygen atoms in total. The van der Waals surface area contributed by atoms with E-state index in [4.69, 9.17) is 63.1 Å². The first-order valence-corrected chi connectivity index (χ1v) is 32.4. The summed E-state index contributed by atoms with van der Waals surface area (Å²) in [6, 6.07) is -0.679. The summed E-state index contributed by atoms with van der Waals surface area (Å²) in [4.78, 5) is 117. The van der Waals surface area contributed by atoms with Crippen molar-refractivity contribution in [3.05, 3.63) is 117 Å². The van der Waals surface area contributed by atoms with Gasteiger partial charge in [-0.15, -0.1) is 0 Å². The van der Waals surface area contributed by atoms with Crippen molar-refractivity contribution < 1.29 is 130 Å². The molecule has 0 spiro atoms. The average Bonchev–Trinajstić information content (AvgIpc) is 0.773. The minimum Gasteiger partial charge on any atom is -1.00 e. The first-order chi connectivity index (χ1) is 47.7. The van der Waals surface area contributed by atoms with Crippen LogP contribution in [0.2, 0.25) is 10.0 Å². The zero-order valence-electron chi connectivity index (χ0n) is 54.7. The van der Waals surface area contributed by atoms with Gasteiger partial charge in [-0.05, 0) is 110 Å². The number of carbonyl (C=O) groups excluding carboxylic acids is 7. The Bertz CT molecular complexity index is 4080. The summed E-state index contributed by atoms with van der Waals surface area (Å²) < 4.78 is 38.3. The molecule has 18 atom stereocenters. The van der Waals surface area contributed by atoms with Gasteiger partial charge >= 0.3 is 5.97 Å². The number of hydrogen-bond donors (Lipinski definition) is 19. The number of aliphatic carboxylic acids is 1. The molecule has 0 radical (unpaired) electrons. The molecule has 7 aliphatic heterocycles. The normalized spacial score (nSPS) is 29.1. The number of ether oxygens (including phenoxy) is 6. The van der Waals surface area contributed by atoms with Gasteiger partial charge in [0.05, 0.1) is 41.3 Å². The second-order valence-corrected chi connectivity index (χ2v) is 26.5. The van der Waals surface area contributed by atoms with Crippen LogP contribution >= 0.6 is 23.2 Å². The molecule has 7 amide bonds. The largest absolute Gasteiger partial charge is 1.00 e. The van der Waals surface area contributed by atoms with Crippen LogP contribution in [0.1, 0.15) is 105 Å². The molecule has 12 rings (SSSR count).